The van der Waals surface area contributed by atoms with Crippen LogP contribution in [0.5, 0.6) is 5.75 Å². The van der Waals surface area contributed by atoms with Crippen LogP contribution in [0.1, 0.15) is 19.5 Å². The third-order valence-corrected chi connectivity index (χ3v) is 4.35. The van der Waals surface area contributed by atoms with Crippen molar-refractivity contribution >= 4 is 22.2 Å². The zero-order valence-electron chi connectivity index (χ0n) is 13.2. The first-order valence-corrected chi connectivity index (χ1v) is 8.54. The number of hydrogen-bond donors (Lipinski definition) is 1. The average molecular weight is 329 g/mol. The van der Waals surface area contributed by atoms with Crippen molar-refractivity contribution < 1.29 is 9.53 Å². The maximum atomic E-state index is 11.8. The fourth-order valence-corrected chi connectivity index (χ4v) is 3.28. The molecule has 1 amide bonds. The van der Waals surface area contributed by atoms with Crippen LogP contribution in [-0.2, 0) is 11.2 Å². The largest absolute Gasteiger partial charge is 0.494 e. The minimum atomic E-state index is 0.0310. The highest BCUT2D eigenvalue weighted by atomic mass is 32.1. The molecule has 0 spiro atoms. The number of benzene rings is 1. The molecule has 0 aliphatic carbocycles. The van der Waals surface area contributed by atoms with Gasteiger partial charge in [0.15, 0.2) is 4.96 Å². The van der Waals surface area contributed by atoms with Gasteiger partial charge in [-0.1, -0.05) is 0 Å². The van der Waals surface area contributed by atoms with Crippen LogP contribution in [0, 0.1) is 0 Å². The topological polar surface area (TPSA) is 55.6 Å². The molecule has 0 bridgehead atoms. The highest BCUT2D eigenvalue weighted by Crippen LogP contribution is 2.25. The minimum absolute atomic E-state index is 0.0310. The number of nitrogens with one attached hydrogen (secondary N) is 1. The van der Waals surface area contributed by atoms with Crippen LogP contribution in [0.3, 0.4) is 0 Å². The van der Waals surface area contributed by atoms with Gasteiger partial charge in [0, 0.05) is 29.4 Å². The van der Waals surface area contributed by atoms with Crippen LogP contribution in [0.25, 0.3) is 16.2 Å². The van der Waals surface area contributed by atoms with E-state index in [4.69, 9.17) is 4.74 Å². The summed E-state index contributed by atoms with van der Waals surface area (Å²) < 4.78 is 7.45. The summed E-state index contributed by atoms with van der Waals surface area (Å²) in [4.78, 5) is 17.3. The van der Waals surface area contributed by atoms with Crippen LogP contribution in [0.2, 0.25) is 0 Å². The van der Waals surface area contributed by atoms with Gasteiger partial charge in [-0.3, -0.25) is 9.20 Å². The number of nitrogens with zero attached hydrogens (tertiary/aromatic N) is 2. The second kappa shape index (κ2) is 6.83. The molecule has 0 saturated heterocycles. The van der Waals surface area contributed by atoms with Gasteiger partial charge >= 0.3 is 0 Å². The summed E-state index contributed by atoms with van der Waals surface area (Å²) in [5, 5.41) is 4.81. The lowest BCUT2D eigenvalue weighted by Crippen LogP contribution is -2.24. The Kier molecular flexibility index (Phi) is 4.62. The lowest BCUT2D eigenvalue weighted by Gasteiger charge is -2.03. The molecule has 1 N–H and O–H groups in total. The highest BCUT2D eigenvalue weighted by molar-refractivity contribution is 7.15. The number of aromatic nitrogens is 2. The van der Waals surface area contributed by atoms with Crippen molar-refractivity contribution in [3.63, 3.8) is 0 Å². The fraction of sp³-hybridized carbons (Fsp3) is 0.294. The van der Waals surface area contributed by atoms with Gasteiger partial charge in [-0.15, -0.1) is 11.3 Å². The highest BCUT2D eigenvalue weighted by Gasteiger charge is 2.12. The predicted molar refractivity (Wildman–Crippen MR) is 92.1 cm³/mol. The molecule has 120 valence electrons. The smallest absolute Gasteiger partial charge is 0.225 e. The Morgan fingerprint density at radius 3 is 2.78 bits per heavy atom. The first kappa shape index (κ1) is 15.6. The van der Waals surface area contributed by atoms with Gasteiger partial charge in [-0.2, -0.15) is 0 Å². The Morgan fingerprint density at radius 2 is 2.09 bits per heavy atom. The van der Waals surface area contributed by atoms with E-state index in [1.165, 1.54) is 0 Å². The van der Waals surface area contributed by atoms with E-state index < -0.39 is 0 Å². The normalized spacial score (nSPS) is 10.9. The fourth-order valence-electron chi connectivity index (χ4n) is 2.41. The third kappa shape index (κ3) is 3.37. The van der Waals surface area contributed by atoms with Crippen LogP contribution >= 0.6 is 11.3 Å². The van der Waals surface area contributed by atoms with Gasteiger partial charge in [-0.05, 0) is 38.1 Å². The molecular weight excluding hydrogens is 310 g/mol. The Hall–Kier alpha value is -2.34. The summed E-state index contributed by atoms with van der Waals surface area (Å²) >= 11 is 1.55. The number of amides is 1. The first-order valence-electron chi connectivity index (χ1n) is 7.66. The van der Waals surface area contributed by atoms with Gasteiger partial charge in [0.25, 0.3) is 0 Å². The maximum Gasteiger partial charge on any atom is 0.225 e. The quantitative estimate of drug-likeness (QED) is 0.756. The molecule has 5 nitrogen and oxygen atoms in total. The first-order chi connectivity index (χ1) is 11.2. The average Bonchev–Trinajstić information content (AvgIpc) is 3.11. The van der Waals surface area contributed by atoms with Crippen molar-refractivity contribution in [3.05, 3.63) is 41.5 Å². The number of carbonyl (C=O) groups excluding carboxylic acids is 1. The lowest BCUT2D eigenvalue weighted by atomic mass is 10.1. The molecular formula is C17H19N3O2S. The maximum absolute atomic E-state index is 11.8. The van der Waals surface area contributed by atoms with Crippen LogP contribution in [-0.4, -0.2) is 28.4 Å². The van der Waals surface area contributed by atoms with Gasteiger partial charge < -0.3 is 10.1 Å². The Morgan fingerprint density at radius 1 is 1.30 bits per heavy atom. The molecule has 0 radical (unpaired) electrons. The Labute approximate surface area is 138 Å². The number of imidazole rings is 1. The number of ether oxygens (including phenoxy) is 1. The zero-order valence-corrected chi connectivity index (χ0v) is 14.0. The predicted octanol–water partition coefficient (Wildman–Crippen LogP) is 3.14. The van der Waals surface area contributed by atoms with E-state index >= 15 is 0 Å². The van der Waals surface area contributed by atoms with E-state index in [0.29, 0.717) is 19.6 Å². The van der Waals surface area contributed by atoms with E-state index in [1.807, 2.05) is 54.1 Å². The molecule has 6 heteroatoms. The van der Waals surface area contributed by atoms with E-state index in [2.05, 4.69) is 10.3 Å². The summed E-state index contributed by atoms with van der Waals surface area (Å²) in [7, 11) is 0. The van der Waals surface area contributed by atoms with Crippen molar-refractivity contribution in [2.75, 3.05) is 13.2 Å². The molecule has 0 saturated carbocycles. The van der Waals surface area contributed by atoms with Crippen molar-refractivity contribution in [2.24, 2.45) is 0 Å². The van der Waals surface area contributed by atoms with E-state index in [9.17, 15) is 4.79 Å². The molecule has 3 aromatic rings. The lowest BCUT2D eigenvalue weighted by molar-refractivity contribution is -0.120. The molecule has 1 aromatic carbocycles. The molecule has 2 heterocycles. The monoisotopic (exact) mass is 329 g/mol. The molecule has 0 atom stereocenters. The van der Waals surface area contributed by atoms with Crippen molar-refractivity contribution in [1.82, 2.24) is 14.7 Å². The number of hydrogen-bond acceptors (Lipinski definition) is 4. The zero-order chi connectivity index (χ0) is 16.2. The van der Waals surface area contributed by atoms with Gasteiger partial charge in [-0.25, -0.2) is 4.98 Å². The molecule has 3 rings (SSSR count). The Balaban J connectivity index is 1.85. The summed E-state index contributed by atoms with van der Waals surface area (Å²) in [5.41, 5.74) is 2.89. The Bertz CT molecular complexity index is 805. The van der Waals surface area contributed by atoms with Gasteiger partial charge in [0.1, 0.15) is 5.75 Å². The van der Waals surface area contributed by atoms with E-state index in [1.54, 1.807) is 11.3 Å². The number of thiazole rings is 1. The third-order valence-electron chi connectivity index (χ3n) is 3.46. The van der Waals surface area contributed by atoms with Crippen molar-refractivity contribution in [2.45, 2.75) is 20.3 Å². The molecule has 0 fully saturated rings. The van der Waals surface area contributed by atoms with Gasteiger partial charge in [0.2, 0.25) is 5.91 Å². The SMILES string of the molecule is CCNC(=O)Cc1csc2nc(-c3ccc(OCC)cc3)cn12. The number of rotatable bonds is 6. The van der Waals surface area contributed by atoms with Crippen LogP contribution < -0.4 is 10.1 Å². The molecule has 0 aliphatic rings. The number of likely N-dealkylation sites (N-methyl/N-ethyl adjacent to an activating group) is 1. The van der Waals surface area contributed by atoms with Crippen LogP contribution in [0.15, 0.2) is 35.8 Å². The molecule has 23 heavy (non-hydrogen) atoms. The second-order valence-corrected chi connectivity index (χ2v) is 5.93. The van der Waals surface area contributed by atoms with E-state index in [-0.39, 0.29) is 5.91 Å². The number of carbonyl (C=O) groups is 1. The van der Waals surface area contributed by atoms with Crippen molar-refractivity contribution in [3.8, 4) is 17.0 Å². The second-order valence-electron chi connectivity index (χ2n) is 5.09. The summed E-state index contributed by atoms with van der Waals surface area (Å²) in [6.45, 7) is 5.19. The molecule has 0 aliphatic heterocycles. The van der Waals surface area contributed by atoms with Crippen molar-refractivity contribution in [1.29, 1.82) is 0 Å². The van der Waals surface area contributed by atoms with Gasteiger partial charge in [0.05, 0.1) is 18.7 Å². The summed E-state index contributed by atoms with van der Waals surface area (Å²) in [5.74, 6) is 0.887. The minimum Gasteiger partial charge on any atom is -0.494 e. The van der Waals surface area contributed by atoms with Crippen LogP contribution in [0.4, 0.5) is 0 Å². The molecule has 0 unspecified atom stereocenters. The summed E-state index contributed by atoms with van der Waals surface area (Å²) in [6, 6.07) is 7.89. The van der Waals surface area contributed by atoms with E-state index in [0.717, 1.165) is 27.7 Å². The molecule has 2 aromatic heterocycles. The summed E-state index contributed by atoms with van der Waals surface area (Å²) in [6.07, 6.45) is 2.35. The number of fused-ring (bicyclic) bond motifs is 1. The standard InChI is InChI=1S/C17H19N3O2S/c1-3-18-16(21)9-13-11-23-17-19-15(10-20(13)17)12-5-7-14(8-6-12)22-4-2/h5-8,10-11H,3-4,9H2,1-2H3,(H,18,21).